The quantitative estimate of drug-likeness (QED) is 0.667. The summed E-state index contributed by atoms with van der Waals surface area (Å²) in [5.74, 6) is -0.522. The number of aliphatic hydroxyl groups excluding tert-OH is 2. The fourth-order valence-electron chi connectivity index (χ4n) is 2.13. The summed E-state index contributed by atoms with van der Waals surface area (Å²) >= 11 is 0. The summed E-state index contributed by atoms with van der Waals surface area (Å²) in [4.78, 5) is 11.4. The maximum Gasteiger partial charge on any atom is 0.312 e. The second-order valence-corrected chi connectivity index (χ2v) is 4.99. The minimum Gasteiger partial charge on any atom is -0.465 e. The summed E-state index contributed by atoms with van der Waals surface area (Å²) in [7, 11) is 0. The molecule has 1 heterocycles. The molecule has 1 fully saturated rings. The normalized spacial score (nSPS) is 27.2. The molecule has 1 saturated heterocycles. The second-order valence-electron chi connectivity index (χ2n) is 4.99. The molecule has 0 aromatic heterocycles. The number of hydrogen-bond acceptors (Lipinski definition) is 4. The molecule has 4 nitrogen and oxygen atoms in total. The predicted molar refractivity (Wildman–Crippen MR) is 59.7 cm³/mol. The van der Waals surface area contributed by atoms with Gasteiger partial charge in [0.05, 0.1) is 25.2 Å². The topological polar surface area (TPSA) is 66.8 Å². The zero-order valence-electron chi connectivity index (χ0n) is 10.1. The zero-order chi connectivity index (χ0) is 12.1. The zero-order valence-corrected chi connectivity index (χ0v) is 10.1. The molecular formula is C12H22O4. The highest BCUT2D eigenvalue weighted by molar-refractivity contribution is 5.75. The molecule has 2 N–H and O–H groups in total. The average molecular weight is 230 g/mol. The van der Waals surface area contributed by atoms with Gasteiger partial charge in [-0.3, -0.25) is 4.79 Å². The monoisotopic (exact) mass is 230 g/mol. The average Bonchev–Trinajstić information content (AvgIpc) is 2.58. The molecule has 0 unspecified atom stereocenters. The molecule has 0 aliphatic carbocycles. The third-order valence-electron chi connectivity index (χ3n) is 3.15. The molecule has 0 saturated carbocycles. The van der Waals surface area contributed by atoms with Crippen molar-refractivity contribution in [1.29, 1.82) is 0 Å². The van der Waals surface area contributed by atoms with Crippen LogP contribution in [0, 0.1) is 17.8 Å². The van der Waals surface area contributed by atoms with Gasteiger partial charge in [-0.1, -0.05) is 26.7 Å². The van der Waals surface area contributed by atoms with E-state index in [4.69, 9.17) is 9.84 Å². The van der Waals surface area contributed by atoms with Crippen LogP contribution >= 0.6 is 0 Å². The van der Waals surface area contributed by atoms with E-state index in [1.54, 1.807) is 0 Å². The number of carbonyl (C=O) groups excluding carboxylic acids is 1. The molecule has 16 heavy (non-hydrogen) atoms. The number of cyclic esters (lactones) is 1. The maximum absolute atomic E-state index is 11.4. The molecule has 0 aromatic rings. The molecule has 0 bridgehead atoms. The minimum absolute atomic E-state index is 0.0996. The van der Waals surface area contributed by atoms with Crippen LogP contribution in [0.4, 0.5) is 0 Å². The first kappa shape index (κ1) is 13.5. The Morgan fingerprint density at radius 2 is 2.12 bits per heavy atom. The summed E-state index contributed by atoms with van der Waals surface area (Å²) < 4.78 is 4.86. The highest BCUT2D eigenvalue weighted by atomic mass is 16.5. The van der Waals surface area contributed by atoms with Gasteiger partial charge in [0.2, 0.25) is 0 Å². The van der Waals surface area contributed by atoms with Crippen LogP contribution in [0.3, 0.4) is 0 Å². The van der Waals surface area contributed by atoms with Crippen molar-refractivity contribution in [1.82, 2.24) is 0 Å². The van der Waals surface area contributed by atoms with Crippen molar-refractivity contribution in [3.8, 4) is 0 Å². The SMILES string of the molecule is CC(C)CCC[C@@H](O)[C@@H]1C(=O)OC[C@@H]1CO. The first-order chi connectivity index (χ1) is 7.56. The Hall–Kier alpha value is -0.610. The molecule has 0 amide bonds. The van der Waals surface area contributed by atoms with Crippen LogP contribution in [0.2, 0.25) is 0 Å². The van der Waals surface area contributed by atoms with Crippen molar-refractivity contribution in [2.24, 2.45) is 17.8 Å². The predicted octanol–water partition coefficient (Wildman–Crippen LogP) is 0.955. The van der Waals surface area contributed by atoms with E-state index in [1.807, 2.05) is 0 Å². The smallest absolute Gasteiger partial charge is 0.312 e. The van der Waals surface area contributed by atoms with Crippen LogP contribution < -0.4 is 0 Å². The van der Waals surface area contributed by atoms with Gasteiger partial charge in [0.25, 0.3) is 0 Å². The Morgan fingerprint density at radius 1 is 1.44 bits per heavy atom. The lowest BCUT2D eigenvalue weighted by Gasteiger charge is -2.19. The number of esters is 1. The first-order valence-electron chi connectivity index (χ1n) is 6.01. The van der Waals surface area contributed by atoms with E-state index >= 15 is 0 Å². The number of carbonyl (C=O) groups is 1. The van der Waals surface area contributed by atoms with Gasteiger partial charge in [0.1, 0.15) is 0 Å². The Kier molecular flexibility index (Phi) is 5.22. The summed E-state index contributed by atoms with van der Waals surface area (Å²) in [6.45, 7) is 4.40. The number of rotatable bonds is 6. The van der Waals surface area contributed by atoms with Crippen LogP contribution in [0.25, 0.3) is 0 Å². The first-order valence-corrected chi connectivity index (χ1v) is 6.01. The molecule has 4 heteroatoms. The Balaban J connectivity index is 2.39. The Bertz CT molecular complexity index is 227. The van der Waals surface area contributed by atoms with Gasteiger partial charge < -0.3 is 14.9 Å². The van der Waals surface area contributed by atoms with E-state index in [0.717, 1.165) is 12.8 Å². The van der Waals surface area contributed by atoms with Crippen molar-refractivity contribution >= 4 is 5.97 Å². The standard InChI is InChI=1S/C12H22O4/c1-8(2)4-3-5-10(14)11-9(6-13)7-16-12(11)15/h8-11,13-14H,3-7H2,1-2H3/t9-,10+,11+/m0/s1. The number of ether oxygens (including phenoxy) is 1. The molecular weight excluding hydrogens is 208 g/mol. The van der Waals surface area contributed by atoms with Crippen molar-refractivity contribution in [2.45, 2.75) is 39.2 Å². The highest BCUT2D eigenvalue weighted by Crippen LogP contribution is 2.27. The van der Waals surface area contributed by atoms with Gasteiger partial charge in [-0.05, 0) is 12.3 Å². The number of aliphatic hydroxyl groups is 2. The third kappa shape index (κ3) is 3.46. The molecule has 1 aliphatic rings. The molecule has 94 valence electrons. The van der Waals surface area contributed by atoms with Crippen LogP contribution in [-0.4, -0.2) is 35.5 Å². The summed E-state index contributed by atoms with van der Waals surface area (Å²) in [5.41, 5.74) is 0. The Labute approximate surface area is 96.6 Å². The van der Waals surface area contributed by atoms with Crippen molar-refractivity contribution in [2.75, 3.05) is 13.2 Å². The van der Waals surface area contributed by atoms with E-state index in [0.29, 0.717) is 12.3 Å². The molecule has 0 radical (unpaired) electrons. The van der Waals surface area contributed by atoms with Crippen LogP contribution in [0.15, 0.2) is 0 Å². The summed E-state index contributed by atoms with van der Waals surface area (Å²) in [6.07, 6.45) is 1.88. The van der Waals surface area contributed by atoms with E-state index in [2.05, 4.69) is 13.8 Å². The van der Waals surface area contributed by atoms with Gasteiger partial charge in [-0.15, -0.1) is 0 Å². The van der Waals surface area contributed by atoms with Crippen LogP contribution in [-0.2, 0) is 9.53 Å². The van der Waals surface area contributed by atoms with Gasteiger partial charge in [-0.2, -0.15) is 0 Å². The third-order valence-corrected chi connectivity index (χ3v) is 3.15. The maximum atomic E-state index is 11.4. The van der Waals surface area contributed by atoms with E-state index in [1.165, 1.54) is 0 Å². The van der Waals surface area contributed by atoms with Gasteiger partial charge in [0, 0.05) is 5.92 Å². The van der Waals surface area contributed by atoms with Crippen molar-refractivity contribution in [3.05, 3.63) is 0 Å². The molecule has 3 atom stereocenters. The van der Waals surface area contributed by atoms with Crippen molar-refractivity contribution < 1.29 is 19.7 Å². The van der Waals surface area contributed by atoms with E-state index in [9.17, 15) is 9.90 Å². The lowest BCUT2D eigenvalue weighted by Crippen LogP contribution is -2.31. The molecule has 0 aromatic carbocycles. The minimum atomic E-state index is -0.675. The second kappa shape index (κ2) is 6.21. The van der Waals surface area contributed by atoms with E-state index < -0.39 is 12.0 Å². The number of hydrogen-bond donors (Lipinski definition) is 2. The highest BCUT2D eigenvalue weighted by Gasteiger charge is 2.41. The van der Waals surface area contributed by atoms with Crippen molar-refractivity contribution in [3.63, 3.8) is 0 Å². The van der Waals surface area contributed by atoms with E-state index in [-0.39, 0.29) is 25.1 Å². The summed E-state index contributed by atoms with van der Waals surface area (Å²) in [5, 5.41) is 19.0. The summed E-state index contributed by atoms with van der Waals surface area (Å²) in [6, 6.07) is 0. The largest absolute Gasteiger partial charge is 0.465 e. The lowest BCUT2D eigenvalue weighted by molar-refractivity contribution is -0.144. The molecule has 1 aliphatic heterocycles. The van der Waals surface area contributed by atoms with Gasteiger partial charge in [-0.25, -0.2) is 0 Å². The van der Waals surface area contributed by atoms with Gasteiger partial charge in [0.15, 0.2) is 0 Å². The molecule has 1 rings (SSSR count). The van der Waals surface area contributed by atoms with Crippen LogP contribution in [0.5, 0.6) is 0 Å². The lowest BCUT2D eigenvalue weighted by atomic mass is 9.87. The Morgan fingerprint density at radius 3 is 2.69 bits per heavy atom. The fourth-order valence-corrected chi connectivity index (χ4v) is 2.13. The van der Waals surface area contributed by atoms with Crippen LogP contribution in [0.1, 0.15) is 33.1 Å². The van der Waals surface area contributed by atoms with Gasteiger partial charge >= 0.3 is 5.97 Å². The molecule has 0 spiro atoms. The fraction of sp³-hybridized carbons (Fsp3) is 0.917.